The fraction of sp³-hybridized carbons (Fsp3) is 0.525. The van der Waals surface area contributed by atoms with Gasteiger partial charge in [0.2, 0.25) is 5.91 Å². The first-order valence-electron chi connectivity index (χ1n) is 18.0. The quantitative estimate of drug-likeness (QED) is 0.156. The summed E-state index contributed by atoms with van der Waals surface area (Å²) in [7, 11) is 0. The van der Waals surface area contributed by atoms with E-state index >= 15 is 0 Å². The summed E-state index contributed by atoms with van der Waals surface area (Å²) in [6, 6.07) is 15.8. The summed E-state index contributed by atoms with van der Waals surface area (Å²) in [5.74, 6) is 2.03. The number of anilines is 1. The zero-order chi connectivity index (χ0) is 34.6. The smallest absolute Gasteiger partial charge is 0.329 e. The lowest BCUT2D eigenvalue weighted by atomic mass is 9.59. The summed E-state index contributed by atoms with van der Waals surface area (Å²) < 4.78 is 12.7. The van der Waals surface area contributed by atoms with Crippen molar-refractivity contribution in [1.29, 1.82) is 0 Å². The number of hydrogen-bond donors (Lipinski definition) is 3. The molecule has 6 rings (SSSR count). The van der Waals surface area contributed by atoms with Gasteiger partial charge in [-0.2, -0.15) is 0 Å². The second-order valence-corrected chi connectivity index (χ2v) is 15.1. The Morgan fingerprint density at radius 2 is 1.92 bits per heavy atom. The molecule has 1 heterocycles. The van der Waals surface area contributed by atoms with Crippen LogP contribution in [0.3, 0.4) is 0 Å². The predicted octanol–water partition coefficient (Wildman–Crippen LogP) is 8.10. The molecule has 1 spiro atoms. The lowest BCUT2D eigenvalue weighted by Crippen LogP contribution is -2.53. The lowest BCUT2D eigenvalue weighted by molar-refractivity contribution is -0.144. The zero-order valence-corrected chi connectivity index (χ0v) is 29.8. The van der Waals surface area contributed by atoms with E-state index in [1.54, 1.807) is 12.1 Å². The Labute approximate surface area is 295 Å². The summed E-state index contributed by atoms with van der Waals surface area (Å²) in [5.41, 5.74) is 4.56. The van der Waals surface area contributed by atoms with Crippen molar-refractivity contribution in [1.82, 2.24) is 10.3 Å². The van der Waals surface area contributed by atoms with E-state index in [0.717, 1.165) is 55.7 Å². The maximum atomic E-state index is 12.9. The second kappa shape index (κ2) is 15.0. The summed E-state index contributed by atoms with van der Waals surface area (Å²) in [6.45, 7) is 7.78. The minimum atomic E-state index is -1.08. The van der Waals surface area contributed by atoms with E-state index in [-0.39, 0.29) is 11.3 Å². The van der Waals surface area contributed by atoms with Crippen LogP contribution in [0.15, 0.2) is 54.7 Å². The summed E-state index contributed by atoms with van der Waals surface area (Å²) in [5, 5.41) is 17.4. The van der Waals surface area contributed by atoms with E-state index in [1.807, 2.05) is 24.4 Å². The van der Waals surface area contributed by atoms with E-state index in [1.165, 1.54) is 42.1 Å². The number of hydrogen-bond acceptors (Lipinski definition) is 6. The van der Waals surface area contributed by atoms with Crippen molar-refractivity contribution in [2.75, 3.05) is 25.1 Å². The molecule has 1 amide bonds. The van der Waals surface area contributed by atoms with Crippen molar-refractivity contribution in [3.05, 3.63) is 82.1 Å². The van der Waals surface area contributed by atoms with Crippen molar-refractivity contribution < 1.29 is 24.2 Å². The van der Waals surface area contributed by atoms with Crippen molar-refractivity contribution >= 4 is 29.2 Å². The molecular weight excluding hydrogens is 638 g/mol. The number of fused-ring (bicyclic) bond motifs is 3. The van der Waals surface area contributed by atoms with E-state index in [9.17, 15) is 14.7 Å². The summed E-state index contributed by atoms with van der Waals surface area (Å²) in [4.78, 5) is 28.8. The zero-order valence-electron chi connectivity index (χ0n) is 29.0. The van der Waals surface area contributed by atoms with Gasteiger partial charge in [0.05, 0.1) is 13.2 Å². The van der Waals surface area contributed by atoms with Gasteiger partial charge in [-0.15, -0.1) is 0 Å². The Kier molecular flexibility index (Phi) is 10.7. The van der Waals surface area contributed by atoms with E-state index in [4.69, 9.17) is 21.1 Å². The highest BCUT2D eigenvalue weighted by molar-refractivity contribution is 6.30. The van der Waals surface area contributed by atoms with Crippen LogP contribution in [-0.4, -0.2) is 47.3 Å². The van der Waals surface area contributed by atoms with Crippen LogP contribution in [0.1, 0.15) is 100 Å². The number of rotatable bonds is 13. The Morgan fingerprint density at radius 1 is 1.10 bits per heavy atom. The molecule has 3 aliphatic rings. The van der Waals surface area contributed by atoms with Crippen molar-refractivity contribution in [3.8, 4) is 11.5 Å². The van der Waals surface area contributed by atoms with Gasteiger partial charge in [-0.1, -0.05) is 37.6 Å². The fourth-order valence-corrected chi connectivity index (χ4v) is 8.88. The third-order valence-electron chi connectivity index (χ3n) is 11.2. The van der Waals surface area contributed by atoms with E-state index < -0.39 is 11.5 Å². The van der Waals surface area contributed by atoms with Crippen molar-refractivity contribution in [3.63, 3.8) is 0 Å². The third kappa shape index (κ3) is 7.69. The van der Waals surface area contributed by atoms with Crippen LogP contribution < -0.4 is 20.1 Å². The molecule has 3 aromatic rings. The number of ether oxygens (including phenoxy) is 2. The lowest BCUT2D eigenvalue weighted by Gasteiger charge is -2.47. The van der Waals surface area contributed by atoms with Crippen LogP contribution >= 0.6 is 11.6 Å². The average Bonchev–Trinajstić information content (AvgIpc) is 3.36. The number of nitrogens with one attached hydrogen (secondary N) is 2. The Balaban J connectivity index is 1.21. The van der Waals surface area contributed by atoms with Gasteiger partial charge in [0, 0.05) is 41.6 Å². The first-order valence-corrected chi connectivity index (χ1v) is 18.3. The number of carbonyl (C=O) groups is 2. The highest BCUT2D eigenvalue weighted by Gasteiger charge is 2.54. The monoisotopic (exact) mass is 687 g/mol. The number of aliphatic carboxylic acids is 1. The minimum Gasteiger partial charge on any atom is -0.494 e. The summed E-state index contributed by atoms with van der Waals surface area (Å²) in [6.07, 6.45) is 10.4. The molecule has 1 unspecified atom stereocenters. The third-order valence-corrected chi connectivity index (χ3v) is 11.5. The number of nitrogens with zero attached hydrogens (tertiary/aromatic N) is 1. The van der Waals surface area contributed by atoms with Crippen LogP contribution in [0.5, 0.6) is 11.5 Å². The second-order valence-electron chi connectivity index (χ2n) is 14.7. The van der Waals surface area contributed by atoms with Gasteiger partial charge in [0.1, 0.15) is 17.0 Å². The normalized spacial score (nSPS) is 24.8. The van der Waals surface area contributed by atoms with E-state index in [2.05, 4.69) is 47.7 Å². The number of halogens is 1. The molecule has 8 nitrogen and oxygen atoms in total. The predicted molar refractivity (Wildman–Crippen MR) is 193 cm³/mol. The fourth-order valence-electron chi connectivity index (χ4n) is 8.69. The molecular formula is C40H50ClN3O5. The topological polar surface area (TPSA) is 110 Å². The van der Waals surface area contributed by atoms with Gasteiger partial charge in [0.25, 0.3) is 0 Å². The Morgan fingerprint density at radius 3 is 2.67 bits per heavy atom. The number of pyridine rings is 1. The Hall–Kier alpha value is -3.78. The number of aryl methyl sites for hydroxylation is 1. The maximum absolute atomic E-state index is 12.9. The number of aromatic nitrogens is 1. The van der Waals surface area contributed by atoms with Gasteiger partial charge in [-0.3, -0.25) is 9.78 Å². The highest BCUT2D eigenvalue weighted by atomic mass is 35.5. The first kappa shape index (κ1) is 35.1. The molecule has 3 N–H and O–H groups in total. The number of carbonyl (C=O) groups excluding carboxylic acids is 1. The van der Waals surface area contributed by atoms with Crippen molar-refractivity contribution in [2.45, 2.75) is 102 Å². The van der Waals surface area contributed by atoms with E-state index in [0.29, 0.717) is 55.4 Å². The largest absolute Gasteiger partial charge is 0.494 e. The molecule has 1 aromatic heterocycles. The standard InChI is InChI=1S/C40H50ClN3O5/c1-26(25-49-36-13-19-43-35-10-4-7-27(2)37(35)36)21-30-22-29-11-12-33(48-20-6-18-42-28(3)45)24-34(29)39(30)14-16-40(17-15-39,38(46)47)44-32-9-5-8-31(41)23-32/h5,8-9,11-13,19,23-24,26-27,30,44H,4,6-7,10,14-18,20-22,25H2,1-3H3,(H,42,45)(H,46,47)/t26-,27-,30?,39?,40?/m1/s1. The minimum absolute atomic E-state index is 0.0422. The van der Waals surface area contributed by atoms with Gasteiger partial charge >= 0.3 is 5.97 Å². The molecule has 1 fully saturated rings. The van der Waals surface area contributed by atoms with Crippen molar-refractivity contribution in [2.24, 2.45) is 11.8 Å². The van der Waals surface area contributed by atoms with Gasteiger partial charge in [-0.05, 0) is 135 Å². The van der Waals surface area contributed by atoms with Crippen LogP contribution in [0.4, 0.5) is 5.69 Å². The van der Waals surface area contributed by atoms with Gasteiger partial charge in [0.15, 0.2) is 0 Å². The Bertz CT molecular complexity index is 1650. The molecule has 0 saturated heterocycles. The maximum Gasteiger partial charge on any atom is 0.329 e. The van der Waals surface area contributed by atoms with Crippen LogP contribution in [-0.2, 0) is 27.8 Å². The highest BCUT2D eigenvalue weighted by Crippen LogP contribution is 2.56. The molecule has 49 heavy (non-hydrogen) atoms. The average molecular weight is 688 g/mol. The molecule has 262 valence electrons. The molecule has 9 heteroatoms. The summed E-state index contributed by atoms with van der Waals surface area (Å²) >= 11 is 6.27. The number of carboxylic acids is 1. The van der Waals surface area contributed by atoms with Crippen LogP contribution in [0.2, 0.25) is 5.02 Å². The molecule has 0 bridgehead atoms. The number of carboxylic acid groups (broad SMARTS) is 1. The van der Waals surface area contributed by atoms with Gasteiger partial charge in [-0.25, -0.2) is 4.79 Å². The van der Waals surface area contributed by atoms with Gasteiger partial charge < -0.3 is 25.2 Å². The molecule has 2 aromatic carbocycles. The van der Waals surface area contributed by atoms with Crippen LogP contribution in [0.25, 0.3) is 0 Å². The molecule has 0 radical (unpaired) electrons. The molecule has 3 aliphatic carbocycles. The number of benzene rings is 2. The van der Waals surface area contributed by atoms with Crippen LogP contribution in [0, 0.1) is 11.8 Å². The SMILES string of the molecule is CC(=O)NCCCOc1ccc2c(c1)C1(CCC(Nc3cccc(Cl)c3)(C(=O)O)CC1)C(C[C@@H](C)COc1ccnc3c1[C@H](C)CCC3)C2. The molecule has 0 aliphatic heterocycles. The molecule has 1 saturated carbocycles. The molecule has 3 atom stereocenters. The first-order chi connectivity index (χ1) is 23.6. The number of amides is 1.